The van der Waals surface area contributed by atoms with Gasteiger partial charge >= 0.3 is 0 Å². The molecule has 1 aromatic carbocycles. The van der Waals surface area contributed by atoms with Crippen molar-refractivity contribution in [2.24, 2.45) is 5.73 Å². The predicted molar refractivity (Wildman–Crippen MR) is 50.1 cm³/mol. The van der Waals surface area contributed by atoms with Crippen LogP contribution in [0, 0.1) is 12.7 Å². The number of nitrogens with two attached hydrogens (primary N) is 1. The highest BCUT2D eigenvalue weighted by molar-refractivity contribution is 5.27. The molecule has 0 fully saturated rings. The van der Waals surface area contributed by atoms with E-state index in [0.29, 0.717) is 5.56 Å². The number of aliphatic hydroxyl groups excluding tert-OH is 1. The van der Waals surface area contributed by atoms with Gasteiger partial charge in [0, 0.05) is 5.56 Å². The van der Waals surface area contributed by atoms with Crippen LogP contribution in [-0.2, 0) is 0 Å². The topological polar surface area (TPSA) is 46.2 Å². The summed E-state index contributed by atoms with van der Waals surface area (Å²) in [5.41, 5.74) is 5.51. The average molecular weight is 219 g/mol. The fraction of sp³-hybridized carbons (Fsp3) is 0.400. The van der Waals surface area contributed by atoms with Gasteiger partial charge in [-0.1, -0.05) is 12.1 Å². The number of rotatable bonds is 3. The second-order valence-electron chi connectivity index (χ2n) is 3.42. The van der Waals surface area contributed by atoms with Gasteiger partial charge in [0.05, 0.1) is 6.04 Å². The Labute approximate surface area is 85.5 Å². The molecule has 0 aliphatic rings. The maximum absolute atomic E-state index is 13.3. The molecule has 0 heterocycles. The van der Waals surface area contributed by atoms with Gasteiger partial charge in [0.2, 0.25) is 0 Å². The molecule has 1 atom stereocenters. The van der Waals surface area contributed by atoms with Crippen molar-refractivity contribution in [1.29, 1.82) is 0 Å². The quantitative estimate of drug-likeness (QED) is 0.813. The van der Waals surface area contributed by atoms with Crippen LogP contribution in [0.15, 0.2) is 18.2 Å². The molecule has 1 aromatic rings. The Morgan fingerprint density at radius 3 is 2.53 bits per heavy atom. The van der Waals surface area contributed by atoms with E-state index in [0.717, 1.165) is 6.07 Å². The Hall–Kier alpha value is -1.07. The van der Waals surface area contributed by atoms with Crippen molar-refractivity contribution in [3.63, 3.8) is 0 Å². The molecule has 0 bridgehead atoms. The Bertz CT molecular complexity index is 355. The lowest BCUT2D eigenvalue weighted by Gasteiger charge is -2.22. The summed E-state index contributed by atoms with van der Waals surface area (Å²) in [5.74, 6) is -4.30. The van der Waals surface area contributed by atoms with Gasteiger partial charge in [-0.2, -0.15) is 0 Å². The first kappa shape index (κ1) is 12.0. The van der Waals surface area contributed by atoms with Gasteiger partial charge in [-0.25, -0.2) is 13.2 Å². The molecule has 84 valence electrons. The number of hydrogen-bond donors (Lipinski definition) is 2. The van der Waals surface area contributed by atoms with E-state index < -0.39 is 24.4 Å². The fourth-order valence-electron chi connectivity index (χ4n) is 1.21. The Kier molecular flexibility index (Phi) is 3.36. The lowest BCUT2D eigenvalue weighted by Crippen LogP contribution is -2.36. The molecule has 0 amide bonds. The minimum Gasteiger partial charge on any atom is -0.390 e. The van der Waals surface area contributed by atoms with Crippen LogP contribution in [0.2, 0.25) is 0 Å². The third kappa shape index (κ3) is 2.49. The smallest absolute Gasteiger partial charge is 0.289 e. The summed E-state index contributed by atoms with van der Waals surface area (Å²) in [6.45, 7) is 0.240. The van der Waals surface area contributed by atoms with Crippen LogP contribution in [-0.4, -0.2) is 17.6 Å². The van der Waals surface area contributed by atoms with Crippen molar-refractivity contribution < 1.29 is 18.3 Å². The highest BCUT2D eigenvalue weighted by Gasteiger charge is 2.38. The van der Waals surface area contributed by atoms with Gasteiger partial charge in [-0.15, -0.1) is 0 Å². The third-order valence-corrected chi connectivity index (χ3v) is 2.16. The summed E-state index contributed by atoms with van der Waals surface area (Å²) < 4.78 is 39.2. The second kappa shape index (κ2) is 4.20. The first-order valence-corrected chi connectivity index (χ1v) is 4.39. The van der Waals surface area contributed by atoms with Crippen molar-refractivity contribution >= 4 is 0 Å². The lowest BCUT2D eigenvalue weighted by molar-refractivity contribution is -0.0718. The van der Waals surface area contributed by atoms with Gasteiger partial charge in [0.25, 0.3) is 5.92 Å². The number of benzene rings is 1. The third-order valence-electron chi connectivity index (χ3n) is 2.16. The summed E-state index contributed by atoms with van der Waals surface area (Å²) in [7, 11) is 0. The molecule has 0 aromatic heterocycles. The molecule has 15 heavy (non-hydrogen) atoms. The predicted octanol–water partition coefficient (Wildman–Crippen LogP) is 1.76. The highest BCUT2D eigenvalue weighted by Crippen LogP contribution is 2.30. The first-order valence-electron chi connectivity index (χ1n) is 4.39. The highest BCUT2D eigenvalue weighted by atomic mass is 19.3. The minimum atomic E-state index is -3.52. The van der Waals surface area contributed by atoms with E-state index in [4.69, 9.17) is 10.8 Å². The number of aliphatic hydroxyl groups is 1. The van der Waals surface area contributed by atoms with E-state index in [1.807, 2.05) is 0 Å². The zero-order chi connectivity index (χ0) is 11.6. The largest absolute Gasteiger partial charge is 0.390 e. The van der Waals surface area contributed by atoms with E-state index >= 15 is 0 Å². The van der Waals surface area contributed by atoms with Crippen LogP contribution in [0.4, 0.5) is 13.2 Å². The van der Waals surface area contributed by atoms with Gasteiger partial charge in [-0.3, -0.25) is 0 Å². The molecule has 0 unspecified atom stereocenters. The van der Waals surface area contributed by atoms with E-state index in [1.165, 1.54) is 12.1 Å². The average Bonchev–Trinajstić information content (AvgIpc) is 2.17. The molecule has 0 radical (unpaired) electrons. The molecule has 0 aliphatic heterocycles. The molecule has 3 N–H and O–H groups in total. The van der Waals surface area contributed by atoms with Crippen LogP contribution >= 0.6 is 0 Å². The van der Waals surface area contributed by atoms with Crippen molar-refractivity contribution in [3.05, 3.63) is 35.1 Å². The maximum Gasteiger partial charge on any atom is 0.289 e. The van der Waals surface area contributed by atoms with Gasteiger partial charge in [0.1, 0.15) is 12.4 Å². The molecular formula is C10H12F3NO. The monoisotopic (exact) mass is 219 g/mol. The molecule has 0 saturated carbocycles. The van der Waals surface area contributed by atoms with E-state index in [2.05, 4.69) is 0 Å². The van der Waals surface area contributed by atoms with Crippen molar-refractivity contribution in [1.82, 2.24) is 0 Å². The van der Waals surface area contributed by atoms with Gasteiger partial charge < -0.3 is 10.8 Å². The summed E-state index contributed by atoms with van der Waals surface area (Å²) in [6, 6.07) is 2.00. The minimum absolute atomic E-state index is 0.292. The standard InChI is InChI=1S/C10H12F3NO/c1-6-2-3-7(8(11)4-6)9(14)10(12,13)5-15/h2-4,9,15H,5,14H2,1H3/t9-/m0/s1. The number of hydrogen-bond acceptors (Lipinski definition) is 2. The molecule has 0 spiro atoms. The number of alkyl halides is 2. The summed E-state index contributed by atoms with van der Waals surface area (Å²) in [4.78, 5) is 0. The van der Waals surface area contributed by atoms with Crippen LogP contribution < -0.4 is 5.73 Å². The van der Waals surface area contributed by atoms with Gasteiger partial charge in [0.15, 0.2) is 0 Å². The molecule has 0 saturated heterocycles. The van der Waals surface area contributed by atoms with Gasteiger partial charge in [-0.05, 0) is 18.6 Å². The zero-order valence-corrected chi connectivity index (χ0v) is 8.17. The molecule has 5 heteroatoms. The maximum atomic E-state index is 13.3. The number of halogens is 3. The first-order chi connectivity index (χ1) is 6.88. The second-order valence-corrected chi connectivity index (χ2v) is 3.42. The normalized spacial score (nSPS) is 14.0. The van der Waals surface area contributed by atoms with Crippen LogP contribution in [0.5, 0.6) is 0 Å². The Morgan fingerprint density at radius 1 is 1.47 bits per heavy atom. The SMILES string of the molecule is Cc1ccc([C@H](N)C(F)(F)CO)c(F)c1. The molecule has 1 rings (SSSR count). The zero-order valence-electron chi connectivity index (χ0n) is 8.17. The van der Waals surface area contributed by atoms with E-state index in [1.54, 1.807) is 6.92 Å². The summed E-state index contributed by atoms with van der Waals surface area (Å²) in [6.07, 6.45) is 0. The fourth-order valence-corrected chi connectivity index (χ4v) is 1.21. The van der Waals surface area contributed by atoms with Crippen molar-refractivity contribution in [3.8, 4) is 0 Å². The van der Waals surface area contributed by atoms with E-state index in [-0.39, 0.29) is 5.56 Å². The van der Waals surface area contributed by atoms with Crippen molar-refractivity contribution in [2.75, 3.05) is 6.61 Å². The summed E-state index contributed by atoms with van der Waals surface area (Å²) >= 11 is 0. The van der Waals surface area contributed by atoms with Crippen LogP contribution in [0.25, 0.3) is 0 Å². The van der Waals surface area contributed by atoms with E-state index in [9.17, 15) is 13.2 Å². The summed E-state index contributed by atoms with van der Waals surface area (Å²) in [5, 5.41) is 8.42. The number of aryl methyl sites for hydroxylation is 1. The lowest BCUT2D eigenvalue weighted by atomic mass is 10.00. The molecule has 0 aliphatic carbocycles. The molecular weight excluding hydrogens is 207 g/mol. The Balaban J connectivity index is 3.06. The molecule has 2 nitrogen and oxygen atoms in total. The Morgan fingerprint density at radius 2 is 2.07 bits per heavy atom. The van der Waals surface area contributed by atoms with Crippen molar-refractivity contribution in [2.45, 2.75) is 18.9 Å². The van der Waals surface area contributed by atoms with Crippen LogP contribution in [0.1, 0.15) is 17.2 Å². The van der Waals surface area contributed by atoms with Crippen LogP contribution in [0.3, 0.4) is 0 Å².